The molecule has 0 aliphatic carbocycles. The molecule has 0 aromatic heterocycles. The van der Waals surface area contributed by atoms with Crippen molar-refractivity contribution < 1.29 is 14.6 Å². The van der Waals surface area contributed by atoms with Gasteiger partial charge in [-0.3, -0.25) is 4.79 Å². The lowest BCUT2D eigenvalue weighted by molar-refractivity contribution is -1.02. The number of anilines is 1. The highest BCUT2D eigenvalue weighted by Gasteiger charge is 2.31. The summed E-state index contributed by atoms with van der Waals surface area (Å²) in [6, 6.07) is 12.3. The Bertz CT molecular complexity index is 820. The summed E-state index contributed by atoms with van der Waals surface area (Å²) in [6.07, 6.45) is 0. The Labute approximate surface area is 173 Å². The molecule has 0 radical (unpaired) electrons. The van der Waals surface area contributed by atoms with Crippen molar-refractivity contribution in [3.05, 3.63) is 63.7 Å². The smallest absolute Gasteiger partial charge is 0.282 e. The van der Waals surface area contributed by atoms with Crippen molar-refractivity contribution in [3.63, 3.8) is 0 Å². The Morgan fingerprint density at radius 3 is 2.32 bits per heavy atom. The summed E-state index contributed by atoms with van der Waals surface area (Å²) in [6.45, 7) is 13.4. The van der Waals surface area contributed by atoms with Crippen LogP contribution in [0.4, 0.5) is 5.69 Å². The Morgan fingerprint density at radius 1 is 1.07 bits per heavy atom. The Kier molecular flexibility index (Phi) is 6.76. The van der Waals surface area contributed by atoms with Crippen molar-refractivity contribution in [2.24, 2.45) is 0 Å². The van der Waals surface area contributed by atoms with Crippen LogP contribution in [-0.4, -0.2) is 38.1 Å². The maximum atomic E-state index is 12.9. The van der Waals surface area contributed by atoms with Crippen LogP contribution in [0, 0.1) is 20.8 Å². The third-order valence-electron chi connectivity index (χ3n) is 5.87. The third kappa shape index (κ3) is 5.13. The molecule has 4 nitrogen and oxygen atoms in total. The van der Waals surface area contributed by atoms with Gasteiger partial charge in [0.2, 0.25) is 0 Å². The number of carbonyl (C=O) groups is 1. The topological polar surface area (TPSA) is 38.0 Å². The summed E-state index contributed by atoms with van der Waals surface area (Å²) in [5.41, 5.74) is 5.73. The number of rotatable bonds is 5. The van der Waals surface area contributed by atoms with E-state index in [1.54, 1.807) is 4.90 Å². The molecule has 5 heteroatoms. The van der Waals surface area contributed by atoms with Gasteiger partial charge in [0.05, 0.1) is 0 Å². The van der Waals surface area contributed by atoms with Crippen molar-refractivity contribution >= 4 is 23.2 Å². The molecule has 1 fully saturated rings. The molecule has 28 heavy (non-hydrogen) atoms. The highest BCUT2D eigenvalue weighted by atomic mass is 35.5. The second-order valence-electron chi connectivity index (χ2n) is 8.20. The molecule has 0 unspecified atom stereocenters. The van der Waals surface area contributed by atoms with Gasteiger partial charge in [-0.15, -0.1) is 0 Å². The fourth-order valence-corrected chi connectivity index (χ4v) is 4.48. The summed E-state index contributed by atoms with van der Waals surface area (Å²) in [7, 11) is 0. The maximum absolute atomic E-state index is 12.9. The number of quaternary nitrogens is 2. The number of carbonyl (C=O) groups excluding carboxylic acids is 1. The minimum Gasteiger partial charge on any atom is -0.322 e. The molecule has 150 valence electrons. The van der Waals surface area contributed by atoms with Crippen molar-refractivity contribution in [2.45, 2.75) is 40.3 Å². The molecule has 1 heterocycles. The fourth-order valence-electron chi connectivity index (χ4n) is 4.26. The molecule has 3 rings (SSSR count). The Hall–Kier alpha value is -1.88. The van der Waals surface area contributed by atoms with E-state index in [-0.39, 0.29) is 11.9 Å². The molecule has 1 saturated heterocycles. The molecule has 3 N–H and O–H groups in total. The van der Waals surface area contributed by atoms with E-state index < -0.39 is 0 Å². The highest BCUT2D eigenvalue weighted by molar-refractivity contribution is 6.30. The van der Waals surface area contributed by atoms with E-state index >= 15 is 0 Å². The van der Waals surface area contributed by atoms with Gasteiger partial charge in [0.15, 0.2) is 6.04 Å². The monoisotopic (exact) mass is 401 g/mol. The molecule has 1 aliphatic heterocycles. The third-order valence-corrected chi connectivity index (χ3v) is 6.11. The lowest BCUT2D eigenvalue weighted by atomic mass is 10.0. The van der Waals surface area contributed by atoms with Crippen LogP contribution in [0.5, 0.6) is 0 Å². The largest absolute Gasteiger partial charge is 0.322 e. The zero-order chi connectivity index (χ0) is 20.3. The number of nitrogens with one attached hydrogen (secondary N) is 3. The zero-order valence-corrected chi connectivity index (χ0v) is 18.1. The molecule has 1 amide bonds. The summed E-state index contributed by atoms with van der Waals surface area (Å²) >= 11 is 6.10. The van der Waals surface area contributed by atoms with Gasteiger partial charge >= 0.3 is 0 Å². The Balaban J connectivity index is 1.54. The standard InChI is InChI=1S/C23H30ClN3O/c1-16-12-17(2)22(18(3)13-16)25-23(28)19(4)27-10-8-26(9-11-27)15-20-6-5-7-21(24)14-20/h5-7,12-14,19H,8-11,15H2,1-4H3,(H,25,28)/p+2/t19-/m1/s1. The fraction of sp³-hybridized carbons (Fsp3) is 0.435. The van der Waals surface area contributed by atoms with E-state index in [0.717, 1.165) is 54.6 Å². The van der Waals surface area contributed by atoms with Gasteiger partial charge in [0.1, 0.15) is 32.7 Å². The van der Waals surface area contributed by atoms with Crippen LogP contribution in [-0.2, 0) is 11.3 Å². The summed E-state index contributed by atoms with van der Waals surface area (Å²) in [5, 5.41) is 3.98. The van der Waals surface area contributed by atoms with Crippen molar-refractivity contribution in [3.8, 4) is 0 Å². The number of halogens is 1. The molecule has 2 aromatic carbocycles. The van der Waals surface area contributed by atoms with Gasteiger partial charge < -0.3 is 15.1 Å². The normalized spacial score (nSPS) is 20.6. The molecular formula is C23H32ClN3O+2. The van der Waals surface area contributed by atoms with Crippen LogP contribution in [0.2, 0.25) is 5.02 Å². The van der Waals surface area contributed by atoms with Crippen molar-refractivity contribution in [1.29, 1.82) is 0 Å². The predicted molar refractivity (Wildman–Crippen MR) is 115 cm³/mol. The molecule has 1 atom stereocenters. The quantitative estimate of drug-likeness (QED) is 0.699. The van der Waals surface area contributed by atoms with E-state index in [4.69, 9.17) is 11.6 Å². The van der Waals surface area contributed by atoms with E-state index in [1.165, 1.54) is 16.0 Å². The van der Waals surface area contributed by atoms with Gasteiger partial charge in [-0.2, -0.15) is 0 Å². The highest BCUT2D eigenvalue weighted by Crippen LogP contribution is 2.21. The molecule has 1 aliphatic rings. The molecule has 2 aromatic rings. The van der Waals surface area contributed by atoms with Crippen molar-refractivity contribution in [1.82, 2.24) is 0 Å². The number of piperazine rings is 1. The second kappa shape index (κ2) is 9.08. The van der Waals surface area contributed by atoms with Crippen LogP contribution >= 0.6 is 11.6 Å². The van der Waals surface area contributed by atoms with Crippen LogP contribution < -0.4 is 15.1 Å². The van der Waals surface area contributed by atoms with Crippen LogP contribution in [0.3, 0.4) is 0 Å². The summed E-state index contributed by atoms with van der Waals surface area (Å²) in [4.78, 5) is 15.8. The van der Waals surface area contributed by atoms with Gasteiger partial charge in [-0.1, -0.05) is 41.4 Å². The lowest BCUT2D eigenvalue weighted by Crippen LogP contribution is -3.29. The first kappa shape index (κ1) is 20.8. The SMILES string of the molecule is Cc1cc(C)c(NC(=O)[C@@H](C)[NH+]2CC[NH+](Cc3cccc(Cl)c3)CC2)c(C)c1. The van der Waals surface area contributed by atoms with Crippen molar-refractivity contribution in [2.75, 3.05) is 31.5 Å². The minimum atomic E-state index is -0.0483. The van der Waals surface area contributed by atoms with Crippen LogP contribution in [0.1, 0.15) is 29.2 Å². The van der Waals surface area contributed by atoms with E-state index in [0.29, 0.717) is 0 Å². The average Bonchev–Trinajstić information content (AvgIpc) is 2.64. The maximum Gasteiger partial charge on any atom is 0.282 e. The summed E-state index contributed by atoms with van der Waals surface area (Å²) < 4.78 is 0. The Morgan fingerprint density at radius 2 is 1.71 bits per heavy atom. The van der Waals surface area contributed by atoms with Crippen LogP contribution in [0.15, 0.2) is 36.4 Å². The van der Waals surface area contributed by atoms with Gasteiger partial charge in [0.25, 0.3) is 5.91 Å². The van der Waals surface area contributed by atoms with E-state index in [1.807, 2.05) is 19.1 Å². The molecule has 0 bridgehead atoms. The first-order valence-corrected chi connectivity index (χ1v) is 10.5. The van der Waals surface area contributed by atoms with Gasteiger partial charge in [-0.25, -0.2) is 0 Å². The minimum absolute atomic E-state index is 0.0483. The second-order valence-corrected chi connectivity index (χ2v) is 8.64. The zero-order valence-electron chi connectivity index (χ0n) is 17.4. The number of aryl methyl sites for hydroxylation is 3. The predicted octanol–water partition coefficient (Wildman–Crippen LogP) is 1.58. The van der Waals surface area contributed by atoms with Gasteiger partial charge in [0, 0.05) is 16.3 Å². The number of hydrogen-bond donors (Lipinski definition) is 3. The first-order chi connectivity index (χ1) is 13.3. The molecular weight excluding hydrogens is 370 g/mol. The van der Waals surface area contributed by atoms with Gasteiger partial charge in [-0.05, 0) is 51.0 Å². The van der Waals surface area contributed by atoms with E-state index in [9.17, 15) is 4.79 Å². The number of benzene rings is 2. The summed E-state index contributed by atoms with van der Waals surface area (Å²) in [5.74, 6) is 0.114. The molecule has 0 saturated carbocycles. The number of amides is 1. The first-order valence-electron chi connectivity index (χ1n) is 10.1. The van der Waals surface area contributed by atoms with E-state index in [2.05, 4.69) is 50.4 Å². The van der Waals surface area contributed by atoms with Crippen LogP contribution in [0.25, 0.3) is 0 Å². The number of hydrogen-bond acceptors (Lipinski definition) is 1. The average molecular weight is 402 g/mol. The lowest BCUT2D eigenvalue weighted by Gasteiger charge is -2.32. The molecule has 0 spiro atoms.